The Kier molecular flexibility index (Phi) is 9.53. The Bertz CT molecular complexity index is 4220. The van der Waals surface area contributed by atoms with E-state index in [9.17, 15) is 0 Å². The summed E-state index contributed by atoms with van der Waals surface area (Å²) in [7, 11) is 0. The second kappa shape index (κ2) is 16.7. The standard InChI is InChI=1S/C68H44N2O/c1-3-20-47(21-4-1)54-26-13-15-31-63(54)69(51-36-34-45-18-7-9-24-49(45)40-51)53-38-39-58-62-43-60-56-28-11-12-29-57(56)65(44-61(60)59-30-17-33-66(68(59)62)71-67(58)42-53)70(52-37-35-46-19-8-10-25-50(46)41-52)64-32-16-14-27-55(64)48-22-5-2-6-23-48/h1-44H. The Morgan fingerprint density at radius 1 is 0.239 bits per heavy atom. The minimum absolute atomic E-state index is 0.825. The molecule has 332 valence electrons. The third-order valence-corrected chi connectivity index (χ3v) is 14.4. The van der Waals surface area contributed by atoms with E-state index in [0.717, 1.165) is 84.2 Å². The summed E-state index contributed by atoms with van der Waals surface area (Å²) in [5.74, 6) is 1.67. The number of hydrogen-bond acceptors (Lipinski definition) is 3. The molecule has 0 amide bonds. The van der Waals surface area contributed by atoms with Gasteiger partial charge in [0.05, 0.1) is 17.1 Å². The largest absolute Gasteiger partial charge is 0.456 e. The second-order valence-corrected chi connectivity index (χ2v) is 18.4. The maximum Gasteiger partial charge on any atom is 0.137 e. The lowest BCUT2D eigenvalue weighted by Crippen LogP contribution is -2.12. The summed E-state index contributed by atoms with van der Waals surface area (Å²) < 4.78 is 7.12. The molecule has 14 rings (SSSR count). The molecule has 0 unspecified atom stereocenters. The zero-order chi connectivity index (χ0) is 46.8. The second-order valence-electron chi connectivity index (χ2n) is 18.4. The van der Waals surface area contributed by atoms with Crippen molar-refractivity contribution in [1.82, 2.24) is 0 Å². The molecule has 1 aliphatic heterocycles. The van der Waals surface area contributed by atoms with Crippen molar-refractivity contribution in [3.63, 3.8) is 0 Å². The predicted molar refractivity (Wildman–Crippen MR) is 300 cm³/mol. The van der Waals surface area contributed by atoms with Crippen LogP contribution in [0.4, 0.5) is 34.1 Å². The first-order valence-electron chi connectivity index (χ1n) is 24.3. The molecule has 0 saturated heterocycles. The van der Waals surface area contributed by atoms with Crippen molar-refractivity contribution in [2.24, 2.45) is 0 Å². The van der Waals surface area contributed by atoms with Gasteiger partial charge in [0.15, 0.2) is 0 Å². The summed E-state index contributed by atoms with van der Waals surface area (Å²) in [6.45, 7) is 0. The molecule has 3 heteroatoms. The van der Waals surface area contributed by atoms with Crippen LogP contribution in [-0.2, 0) is 0 Å². The molecule has 0 saturated carbocycles. The Hall–Kier alpha value is -9.44. The number of hydrogen-bond donors (Lipinski definition) is 0. The fraction of sp³-hybridized carbons (Fsp3) is 0. The van der Waals surface area contributed by atoms with Crippen molar-refractivity contribution >= 4 is 88.0 Å². The number of rotatable bonds is 8. The highest BCUT2D eigenvalue weighted by Gasteiger charge is 2.27. The topological polar surface area (TPSA) is 15.7 Å². The van der Waals surface area contributed by atoms with E-state index in [4.69, 9.17) is 4.74 Å². The van der Waals surface area contributed by atoms with Gasteiger partial charge in [0.1, 0.15) is 11.5 Å². The van der Waals surface area contributed by atoms with Gasteiger partial charge in [-0.2, -0.15) is 0 Å². The molecule has 0 atom stereocenters. The minimum Gasteiger partial charge on any atom is -0.456 e. The molecule has 13 aromatic carbocycles. The van der Waals surface area contributed by atoms with E-state index in [2.05, 4.69) is 277 Å². The van der Waals surface area contributed by atoms with Crippen molar-refractivity contribution in [3.05, 3.63) is 267 Å². The molecule has 1 aliphatic rings. The third kappa shape index (κ3) is 6.82. The Labute approximate surface area is 412 Å². The molecule has 1 heterocycles. The molecule has 0 aliphatic carbocycles. The summed E-state index contributed by atoms with van der Waals surface area (Å²) >= 11 is 0. The summed E-state index contributed by atoms with van der Waals surface area (Å²) in [6, 6.07) is 96.7. The number of para-hydroxylation sites is 2. The van der Waals surface area contributed by atoms with E-state index in [0.29, 0.717) is 0 Å². The summed E-state index contributed by atoms with van der Waals surface area (Å²) in [6.07, 6.45) is 0. The van der Waals surface area contributed by atoms with Gasteiger partial charge in [0.25, 0.3) is 0 Å². The molecule has 0 radical (unpaired) electrons. The van der Waals surface area contributed by atoms with Crippen molar-refractivity contribution < 1.29 is 4.74 Å². The van der Waals surface area contributed by atoms with Crippen LogP contribution in [0.1, 0.15) is 0 Å². The van der Waals surface area contributed by atoms with Crippen LogP contribution in [0.15, 0.2) is 267 Å². The van der Waals surface area contributed by atoms with E-state index < -0.39 is 0 Å². The molecule has 0 spiro atoms. The highest BCUT2D eigenvalue weighted by Crippen LogP contribution is 2.54. The molecular formula is C68H44N2O. The van der Waals surface area contributed by atoms with Crippen LogP contribution < -0.4 is 14.5 Å². The van der Waals surface area contributed by atoms with Crippen molar-refractivity contribution in [2.75, 3.05) is 9.80 Å². The van der Waals surface area contributed by atoms with Gasteiger partial charge in [-0.15, -0.1) is 0 Å². The predicted octanol–water partition coefficient (Wildman–Crippen LogP) is 19.5. The number of fused-ring (bicyclic) bond motifs is 8. The van der Waals surface area contributed by atoms with E-state index in [-0.39, 0.29) is 0 Å². The zero-order valence-corrected chi connectivity index (χ0v) is 38.7. The fourth-order valence-electron chi connectivity index (χ4n) is 11.1. The minimum atomic E-state index is 0.825. The highest BCUT2D eigenvalue weighted by molar-refractivity contribution is 6.26. The third-order valence-electron chi connectivity index (χ3n) is 14.4. The number of anilines is 6. The van der Waals surface area contributed by atoms with Crippen LogP contribution in [0.2, 0.25) is 0 Å². The van der Waals surface area contributed by atoms with Crippen LogP contribution in [0.25, 0.3) is 87.2 Å². The molecule has 0 bridgehead atoms. The molecule has 0 aromatic heterocycles. The number of ether oxygens (including phenoxy) is 1. The summed E-state index contributed by atoms with van der Waals surface area (Å²) in [5.41, 5.74) is 13.4. The van der Waals surface area contributed by atoms with Crippen molar-refractivity contribution in [1.29, 1.82) is 0 Å². The molecule has 71 heavy (non-hydrogen) atoms. The molecular weight excluding hydrogens is 861 g/mol. The van der Waals surface area contributed by atoms with Gasteiger partial charge < -0.3 is 14.5 Å². The van der Waals surface area contributed by atoms with Gasteiger partial charge in [-0.05, 0) is 127 Å². The monoisotopic (exact) mass is 904 g/mol. The summed E-state index contributed by atoms with van der Waals surface area (Å²) in [5, 5.41) is 11.8. The van der Waals surface area contributed by atoms with E-state index in [1.54, 1.807) is 0 Å². The molecule has 3 nitrogen and oxygen atoms in total. The van der Waals surface area contributed by atoms with E-state index in [1.165, 1.54) is 48.7 Å². The Morgan fingerprint density at radius 3 is 1.39 bits per heavy atom. The maximum absolute atomic E-state index is 7.12. The quantitative estimate of drug-likeness (QED) is 0.141. The van der Waals surface area contributed by atoms with Crippen LogP contribution in [0.3, 0.4) is 0 Å². The first kappa shape index (κ1) is 40.6. The number of benzene rings is 13. The van der Waals surface area contributed by atoms with Crippen LogP contribution >= 0.6 is 0 Å². The molecule has 0 N–H and O–H groups in total. The van der Waals surface area contributed by atoms with Crippen LogP contribution in [0.5, 0.6) is 11.5 Å². The van der Waals surface area contributed by atoms with Crippen molar-refractivity contribution in [2.45, 2.75) is 0 Å². The normalized spacial score (nSPS) is 11.8. The van der Waals surface area contributed by atoms with Gasteiger partial charge in [-0.1, -0.05) is 194 Å². The Morgan fingerprint density at radius 2 is 0.732 bits per heavy atom. The maximum atomic E-state index is 7.12. The van der Waals surface area contributed by atoms with Crippen LogP contribution in [-0.4, -0.2) is 0 Å². The van der Waals surface area contributed by atoms with Crippen LogP contribution in [0, 0.1) is 0 Å². The zero-order valence-electron chi connectivity index (χ0n) is 38.7. The lowest BCUT2D eigenvalue weighted by molar-refractivity contribution is 0.487. The first-order chi connectivity index (χ1) is 35.2. The fourth-order valence-corrected chi connectivity index (χ4v) is 11.1. The number of nitrogens with zero attached hydrogens (tertiary/aromatic N) is 2. The highest BCUT2D eigenvalue weighted by atomic mass is 16.5. The average molecular weight is 905 g/mol. The molecule has 13 aromatic rings. The van der Waals surface area contributed by atoms with E-state index >= 15 is 0 Å². The lowest BCUT2D eigenvalue weighted by Gasteiger charge is -2.31. The van der Waals surface area contributed by atoms with Gasteiger partial charge in [-0.3, -0.25) is 0 Å². The molecule has 0 fully saturated rings. The smallest absolute Gasteiger partial charge is 0.137 e. The van der Waals surface area contributed by atoms with Crippen molar-refractivity contribution in [3.8, 4) is 44.9 Å². The average Bonchev–Trinajstić information content (AvgIpc) is 3.44. The van der Waals surface area contributed by atoms with E-state index in [1.807, 2.05) is 0 Å². The summed E-state index contributed by atoms with van der Waals surface area (Å²) in [4.78, 5) is 4.84. The first-order valence-corrected chi connectivity index (χ1v) is 24.3. The SMILES string of the molecule is c1ccc(-c2ccccc2N(c2ccc3c(c2)Oc2cccc4c2c-3cc2c3ccccc3c(N(c3ccc5ccccc5c3)c3ccccc3-c3ccccc3)cc42)c2ccc3ccccc3c2)cc1. The van der Waals surface area contributed by atoms with Gasteiger partial charge in [0, 0.05) is 50.6 Å². The Balaban J connectivity index is 0.979. The lowest BCUT2D eigenvalue weighted by atomic mass is 9.88. The van der Waals surface area contributed by atoms with Gasteiger partial charge in [-0.25, -0.2) is 0 Å². The van der Waals surface area contributed by atoms with Gasteiger partial charge in [0.2, 0.25) is 0 Å². The van der Waals surface area contributed by atoms with Gasteiger partial charge >= 0.3 is 0 Å².